The van der Waals surface area contributed by atoms with Gasteiger partial charge in [-0.1, -0.05) is 30.3 Å². The summed E-state index contributed by atoms with van der Waals surface area (Å²) in [5.74, 6) is -2.23. The smallest absolute Gasteiger partial charge is 0.326 e. The number of carboxylic acids is 1. The lowest BCUT2D eigenvalue weighted by atomic mass is 10.0. The Balaban J connectivity index is 2.23. The number of nitrogens with one attached hydrogen (secondary N) is 2. The maximum Gasteiger partial charge on any atom is 0.326 e. The number of carbonyl (C=O) groups excluding carboxylic acids is 3. The summed E-state index contributed by atoms with van der Waals surface area (Å²) in [6.07, 6.45) is 2.15. The third-order valence-corrected chi connectivity index (χ3v) is 6.43. The highest BCUT2D eigenvalue weighted by molar-refractivity contribution is 7.98. The molecule has 188 valence electrons. The molecule has 10 nitrogen and oxygen atoms in total. The number of amides is 3. The van der Waals surface area contributed by atoms with E-state index in [0.717, 1.165) is 5.56 Å². The number of aliphatic carboxylic acids is 1. The van der Waals surface area contributed by atoms with Crippen LogP contribution in [0.15, 0.2) is 30.3 Å². The highest BCUT2D eigenvalue weighted by atomic mass is 32.2. The van der Waals surface area contributed by atoms with Gasteiger partial charge >= 0.3 is 5.97 Å². The predicted molar refractivity (Wildman–Crippen MR) is 129 cm³/mol. The van der Waals surface area contributed by atoms with E-state index in [2.05, 4.69) is 10.6 Å². The molecule has 0 aromatic heterocycles. The molecule has 2 rings (SSSR count). The average Bonchev–Trinajstić information content (AvgIpc) is 3.31. The maximum atomic E-state index is 13.4. The number of carbonyl (C=O) groups is 4. The third-order valence-electron chi connectivity index (χ3n) is 5.78. The summed E-state index contributed by atoms with van der Waals surface area (Å²) in [5, 5.41) is 24.4. The Labute approximate surface area is 203 Å². The summed E-state index contributed by atoms with van der Waals surface area (Å²) < 4.78 is 0. The lowest BCUT2D eigenvalue weighted by Crippen LogP contribution is -2.58. The topological polar surface area (TPSA) is 162 Å². The van der Waals surface area contributed by atoms with Crippen LogP contribution in [0.5, 0.6) is 0 Å². The van der Waals surface area contributed by atoms with Gasteiger partial charge in [0, 0.05) is 13.0 Å². The van der Waals surface area contributed by atoms with Crippen LogP contribution in [-0.4, -0.2) is 87.6 Å². The van der Waals surface area contributed by atoms with E-state index in [0.29, 0.717) is 31.6 Å². The Bertz CT molecular complexity index is 853. The molecule has 0 spiro atoms. The molecule has 1 aromatic rings. The number of hydrogen-bond acceptors (Lipinski definition) is 7. The van der Waals surface area contributed by atoms with Gasteiger partial charge in [0.15, 0.2) is 0 Å². The molecule has 6 N–H and O–H groups in total. The fourth-order valence-electron chi connectivity index (χ4n) is 3.80. The number of nitrogens with two attached hydrogens (primary N) is 1. The number of aliphatic hydroxyl groups is 1. The van der Waals surface area contributed by atoms with E-state index >= 15 is 0 Å². The molecule has 1 aliphatic rings. The van der Waals surface area contributed by atoms with Crippen molar-refractivity contribution in [1.82, 2.24) is 15.5 Å². The molecule has 3 amide bonds. The first kappa shape index (κ1) is 27.6. The normalized spacial score (nSPS) is 19.1. The highest BCUT2D eigenvalue weighted by Crippen LogP contribution is 2.20. The average molecular weight is 495 g/mol. The number of aliphatic hydroxyl groups excluding tert-OH is 1. The van der Waals surface area contributed by atoms with E-state index in [1.54, 1.807) is 0 Å². The maximum absolute atomic E-state index is 13.4. The monoisotopic (exact) mass is 494 g/mol. The van der Waals surface area contributed by atoms with Gasteiger partial charge in [0.25, 0.3) is 0 Å². The zero-order valence-electron chi connectivity index (χ0n) is 19.5. The second-order valence-electron chi connectivity index (χ2n) is 8.39. The van der Waals surface area contributed by atoms with Crippen LogP contribution in [0.25, 0.3) is 0 Å². The summed E-state index contributed by atoms with van der Waals surface area (Å²) in [6, 6.07) is 4.99. The van der Waals surface area contributed by atoms with E-state index in [-0.39, 0.29) is 6.42 Å². The van der Waals surface area contributed by atoms with Crippen LogP contribution >= 0.6 is 11.8 Å². The van der Waals surface area contributed by atoms with Crippen LogP contribution in [0.4, 0.5) is 0 Å². The highest BCUT2D eigenvalue weighted by Gasteiger charge is 2.38. The van der Waals surface area contributed by atoms with Crippen LogP contribution in [0, 0.1) is 0 Å². The van der Waals surface area contributed by atoms with Gasteiger partial charge < -0.3 is 31.5 Å². The summed E-state index contributed by atoms with van der Waals surface area (Å²) in [5.41, 5.74) is 6.50. The number of hydrogen-bond donors (Lipinski definition) is 5. The second kappa shape index (κ2) is 13.3. The van der Waals surface area contributed by atoms with Gasteiger partial charge in [0.1, 0.15) is 24.2 Å². The molecule has 1 heterocycles. The number of rotatable bonds is 12. The van der Waals surface area contributed by atoms with E-state index in [4.69, 9.17) is 5.73 Å². The molecule has 5 atom stereocenters. The van der Waals surface area contributed by atoms with Crippen molar-refractivity contribution in [2.24, 2.45) is 5.73 Å². The minimum Gasteiger partial charge on any atom is -0.480 e. The number of benzene rings is 1. The first-order chi connectivity index (χ1) is 16.1. The predicted octanol–water partition coefficient (Wildman–Crippen LogP) is -0.264. The Morgan fingerprint density at radius 1 is 1.15 bits per heavy atom. The molecule has 0 bridgehead atoms. The number of thioether (sulfide) groups is 1. The Morgan fingerprint density at radius 3 is 2.38 bits per heavy atom. The van der Waals surface area contributed by atoms with Crippen molar-refractivity contribution < 1.29 is 29.4 Å². The molecule has 1 aromatic carbocycles. The number of carboxylic acid groups (broad SMARTS) is 1. The van der Waals surface area contributed by atoms with Crippen molar-refractivity contribution in [3.05, 3.63) is 35.9 Å². The minimum atomic E-state index is -1.20. The molecular weight excluding hydrogens is 460 g/mol. The Kier molecular flexibility index (Phi) is 10.8. The Morgan fingerprint density at radius 2 is 1.79 bits per heavy atom. The van der Waals surface area contributed by atoms with Gasteiger partial charge in [-0.3, -0.25) is 14.4 Å². The van der Waals surface area contributed by atoms with Crippen molar-refractivity contribution in [2.45, 2.75) is 62.9 Å². The first-order valence-electron chi connectivity index (χ1n) is 11.3. The summed E-state index contributed by atoms with van der Waals surface area (Å²) in [7, 11) is 0. The Hall–Kier alpha value is -2.63. The number of likely N-dealkylation sites (tertiary alicyclic amines) is 1. The summed E-state index contributed by atoms with van der Waals surface area (Å²) in [6.45, 7) is 1.68. The largest absolute Gasteiger partial charge is 0.480 e. The van der Waals surface area contributed by atoms with Crippen molar-refractivity contribution in [3.8, 4) is 0 Å². The fraction of sp³-hybridized carbons (Fsp3) is 0.565. The van der Waals surface area contributed by atoms with Crippen molar-refractivity contribution in [2.75, 3.05) is 18.6 Å². The van der Waals surface area contributed by atoms with Gasteiger partial charge in [-0.25, -0.2) is 4.79 Å². The molecule has 0 aliphatic carbocycles. The lowest BCUT2D eigenvalue weighted by molar-refractivity contribution is -0.149. The quantitative estimate of drug-likeness (QED) is 0.265. The molecule has 1 fully saturated rings. The van der Waals surface area contributed by atoms with E-state index in [1.807, 2.05) is 36.6 Å². The molecule has 11 heteroatoms. The van der Waals surface area contributed by atoms with E-state index < -0.39 is 54.0 Å². The van der Waals surface area contributed by atoms with Gasteiger partial charge in [-0.2, -0.15) is 11.8 Å². The van der Waals surface area contributed by atoms with E-state index in [1.165, 1.54) is 23.6 Å². The number of nitrogens with zero attached hydrogens (tertiary/aromatic N) is 1. The van der Waals surface area contributed by atoms with Crippen molar-refractivity contribution in [1.29, 1.82) is 0 Å². The molecule has 0 saturated carbocycles. The SMILES string of the molecule is CSCCC(NC(=O)C(N)C(C)O)C(=O)NC(Cc1ccccc1)C(=O)N1CCCC1C(=O)O. The summed E-state index contributed by atoms with van der Waals surface area (Å²) >= 11 is 1.49. The van der Waals surface area contributed by atoms with Gasteiger partial charge in [0.2, 0.25) is 17.7 Å². The van der Waals surface area contributed by atoms with Gasteiger partial charge in [-0.05, 0) is 43.8 Å². The minimum absolute atomic E-state index is 0.171. The molecular formula is C23H34N4O6S. The van der Waals surface area contributed by atoms with Crippen LogP contribution in [0.3, 0.4) is 0 Å². The molecule has 5 unspecified atom stereocenters. The standard InChI is InChI=1S/C23H34N4O6S/c1-14(28)19(24)21(30)25-16(10-12-34-2)20(29)26-17(13-15-7-4-3-5-8-15)22(31)27-11-6-9-18(27)23(32)33/h3-5,7-8,14,16-19,28H,6,9-13,24H2,1-2H3,(H,25,30)(H,26,29)(H,32,33). The zero-order valence-corrected chi connectivity index (χ0v) is 20.3. The fourth-order valence-corrected chi connectivity index (χ4v) is 4.27. The lowest BCUT2D eigenvalue weighted by Gasteiger charge is -2.29. The van der Waals surface area contributed by atoms with Gasteiger partial charge in [-0.15, -0.1) is 0 Å². The molecule has 0 radical (unpaired) electrons. The van der Waals surface area contributed by atoms with Crippen LogP contribution in [0.2, 0.25) is 0 Å². The second-order valence-corrected chi connectivity index (χ2v) is 9.37. The van der Waals surface area contributed by atoms with Crippen molar-refractivity contribution >= 4 is 35.5 Å². The van der Waals surface area contributed by atoms with Gasteiger partial charge in [0.05, 0.1) is 6.10 Å². The first-order valence-corrected chi connectivity index (χ1v) is 12.7. The molecule has 34 heavy (non-hydrogen) atoms. The van der Waals surface area contributed by atoms with E-state index in [9.17, 15) is 29.4 Å². The van der Waals surface area contributed by atoms with Crippen molar-refractivity contribution in [3.63, 3.8) is 0 Å². The molecule has 1 saturated heterocycles. The van der Waals surface area contributed by atoms with Crippen LogP contribution < -0.4 is 16.4 Å². The summed E-state index contributed by atoms with van der Waals surface area (Å²) in [4.78, 5) is 51.8. The van der Waals surface area contributed by atoms with Crippen LogP contribution in [-0.2, 0) is 25.6 Å². The molecule has 1 aliphatic heterocycles. The van der Waals surface area contributed by atoms with Crippen LogP contribution in [0.1, 0.15) is 31.7 Å². The third kappa shape index (κ3) is 7.71. The zero-order chi connectivity index (χ0) is 25.3.